The number of carbonyl (C=O) groups is 1. The molecule has 0 bridgehead atoms. The van der Waals surface area contributed by atoms with Gasteiger partial charge in [0.2, 0.25) is 0 Å². The zero-order valence-corrected chi connectivity index (χ0v) is 8.32. The molecule has 0 fully saturated rings. The molecule has 2 atom stereocenters. The van der Waals surface area contributed by atoms with E-state index in [2.05, 4.69) is 20.7 Å². The molecule has 78 valence electrons. The molecule has 1 aromatic rings. The van der Waals surface area contributed by atoms with Gasteiger partial charge >= 0.3 is 0 Å². The van der Waals surface area contributed by atoms with Gasteiger partial charge in [0, 0.05) is 12.1 Å². The van der Waals surface area contributed by atoms with Crippen molar-refractivity contribution in [1.82, 2.24) is 20.7 Å². The molecule has 1 aromatic heterocycles. The van der Waals surface area contributed by atoms with Gasteiger partial charge in [0.1, 0.15) is 0 Å². The molecule has 6 heteroatoms. The summed E-state index contributed by atoms with van der Waals surface area (Å²) in [7, 11) is 0. The van der Waals surface area contributed by atoms with E-state index >= 15 is 0 Å². The summed E-state index contributed by atoms with van der Waals surface area (Å²) in [4.78, 5) is 11.4. The summed E-state index contributed by atoms with van der Waals surface area (Å²) in [6, 6.07) is 0.113. The maximum absolute atomic E-state index is 11.4. The lowest BCUT2D eigenvalue weighted by atomic mass is 10.1. The minimum absolute atomic E-state index is 0.0409. The molecule has 1 rings (SSSR count). The van der Waals surface area contributed by atoms with Gasteiger partial charge in [0.25, 0.3) is 5.91 Å². The second-order valence-electron chi connectivity index (χ2n) is 3.44. The number of nitrogens with two attached hydrogens (primary N) is 1. The van der Waals surface area contributed by atoms with Crippen LogP contribution in [0.2, 0.25) is 0 Å². The van der Waals surface area contributed by atoms with E-state index in [9.17, 15) is 4.79 Å². The third-order valence-corrected chi connectivity index (χ3v) is 1.75. The van der Waals surface area contributed by atoms with Crippen molar-refractivity contribution >= 4 is 5.91 Å². The highest BCUT2D eigenvalue weighted by Gasteiger charge is 2.12. The lowest BCUT2D eigenvalue weighted by Crippen LogP contribution is -2.36. The first-order valence-corrected chi connectivity index (χ1v) is 4.52. The largest absolute Gasteiger partial charge is 0.348 e. The van der Waals surface area contributed by atoms with Crippen molar-refractivity contribution in [2.75, 3.05) is 0 Å². The monoisotopic (exact) mass is 197 g/mol. The van der Waals surface area contributed by atoms with Gasteiger partial charge < -0.3 is 11.1 Å². The van der Waals surface area contributed by atoms with Crippen LogP contribution in [0.1, 0.15) is 30.8 Å². The number of nitrogens with zero attached hydrogens (tertiary/aromatic N) is 2. The zero-order valence-electron chi connectivity index (χ0n) is 8.32. The Morgan fingerprint density at radius 1 is 1.71 bits per heavy atom. The topological polar surface area (TPSA) is 96.7 Å². The van der Waals surface area contributed by atoms with E-state index in [1.54, 1.807) is 0 Å². The highest BCUT2D eigenvalue weighted by molar-refractivity contribution is 5.91. The summed E-state index contributed by atoms with van der Waals surface area (Å²) < 4.78 is 0. The molecule has 1 heterocycles. The van der Waals surface area contributed by atoms with Gasteiger partial charge in [-0.15, -0.1) is 0 Å². The summed E-state index contributed by atoms with van der Waals surface area (Å²) in [5, 5.41) is 12.4. The summed E-state index contributed by atoms with van der Waals surface area (Å²) in [5.41, 5.74) is 5.90. The summed E-state index contributed by atoms with van der Waals surface area (Å²) in [6.45, 7) is 3.81. The standard InChI is InChI=1S/C8H15N5O/c1-5(9)3-6(2)11-8(14)7-4-10-13-12-7/h4-6H,3,9H2,1-2H3,(H,11,14)(H,10,12,13). The Morgan fingerprint density at radius 3 is 2.93 bits per heavy atom. The molecule has 4 N–H and O–H groups in total. The fraction of sp³-hybridized carbons (Fsp3) is 0.625. The van der Waals surface area contributed by atoms with Crippen LogP contribution in [0.5, 0.6) is 0 Å². The van der Waals surface area contributed by atoms with Gasteiger partial charge in [0.05, 0.1) is 6.20 Å². The normalized spacial score (nSPS) is 14.8. The fourth-order valence-electron chi connectivity index (χ4n) is 1.23. The highest BCUT2D eigenvalue weighted by atomic mass is 16.2. The van der Waals surface area contributed by atoms with E-state index in [4.69, 9.17) is 5.73 Å². The molecule has 0 aliphatic heterocycles. The molecular weight excluding hydrogens is 182 g/mol. The molecule has 0 aromatic carbocycles. The summed E-state index contributed by atoms with van der Waals surface area (Å²) >= 11 is 0. The van der Waals surface area contributed by atoms with Crippen molar-refractivity contribution in [2.24, 2.45) is 5.73 Å². The third kappa shape index (κ3) is 3.14. The number of rotatable bonds is 4. The average molecular weight is 197 g/mol. The lowest BCUT2D eigenvalue weighted by molar-refractivity contribution is 0.0932. The Balaban J connectivity index is 2.41. The smallest absolute Gasteiger partial charge is 0.273 e. The molecular formula is C8H15N5O. The van der Waals surface area contributed by atoms with Crippen molar-refractivity contribution < 1.29 is 4.79 Å². The van der Waals surface area contributed by atoms with Gasteiger partial charge in [-0.1, -0.05) is 0 Å². The summed E-state index contributed by atoms with van der Waals surface area (Å²) in [6.07, 6.45) is 2.12. The lowest BCUT2D eigenvalue weighted by Gasteiger charge is -2.14. The van der Waals surface area contributed by atoms with Crippen molar-refractivity contribution in [1.29, 1.82) is 0 Å². The van der Waals surface area contributed by atoms with Gasteiger partial charge in [0.15, 0.2) is 5.69 Å². The molecule has 0 aliphatic carbocycles. The molecule has 0 radical (unpaired) electrons. The van der Waals surface area contributed by atoms with Gasteiger partial charge in [-0.2, -0.15) is 15.4 Å². The van der Waals surface area contributed by atoms with Crippen molar-refractivity contribution in [3.8, 4) is 0 Å². The molecule has 6 nitrogen and oxygen atoms in total. The molecule has 1 amide bonds. The summed E-state index contributed by atoms with van der Waals surface area (Å²) in [5.74, 6) is -0.230. The third-order valence-electron chi connectivity index (χ3n) is 1.75. The van der Waals surface area contributed by atoms with Crippen LogP contribution in [0.25, 0.3) is 0 Å². The van der Waals surface area contributed by atoms with Crippen LogP contribution in [0.3, 0.4) is 0 Å². The fourth-order valence-corrected chi connectivity index (χ4v) is 1.23. The van der Waals surface area contributed by atoms with Crippen LogP contribution in [-0.4, -0.2) is 33.4 Å². The molecule has 0 spiro atoms. The van der Waals surface area contributed by atoms with Crippen LogP contribution < -0.4 is 11.1 Å². The molecule has 14 heavy (non-hydrogen) atoms. The molecule has 0 saturated carbocycles. The maximum atomic E-state index is 11.4. The minimum atomic E-state index is -0.230. The number of nitrogens with one attached hydrogen (secondary N) is 2. The van der Waals surface area contributed by atoms with Crippen LogP contribution in [0.15, 0.2) is 6.20 Å². The Kier molecular flexibility index (Phi) is 3.58. The van der Waals surface area contributed by atoms with Crippen molar-refractivity contribution in [3.63, 3.8) is 0 Å². The van der Waals surface area contributed by atoms with Gasteiger partial charge in [-0.05, 0) is 20.3 Å². The van der Waals surface area contributed by atoms with Crippen LogP contribution in [0.4, 0.5) is 0 Å². The number of aromatic amines is 1. The Hall–Kier alpha value is -1.43. The number of hydrogen-bond acceptors (Lipinski definition) is 4. The molecule has 2 unspecified atom stereocenters. The predicted molar refractivity (Wildman–Crippen MR) is 51.6 cm³/mol. The Labute approximate surface area is 82.3 Å². The number of aromatic nitrogens is 3. The van der Waals surface area contributed by atoms with Crippen LogP contribution >= 0.6 is 0 Å². The first-order chi connectivity index (χ1) is 6.59. The van der Waals surface area contributed by atoms with Gasteiger partial charge in [-0.25, -0.2) is 0 Å². The minimum Gasteiger partial charge on any atom is -0.348 e. The quantitative estimate of drug-likeness (QED) is 0.615. The number of amides is 1. The molecule has 0 aliphatic rings. The first-order valence-electron chi connectivity index (χ1n) is 4.52. The van der Waals surface area contributed by atoms with E-state index in [1.807, 2.05) is 13.8 Å². The average Bonchev–Trinajstić information content (AvgIpc) is 2.53. The van der Waals surface area contributed by atoms with E-state index < -0.39 is 0 Å². The maximum Gasteiger partial charge on any atom is 0.273 e. The second-order valence-corrected chi connectivity index (χ2v) is 3.44. The SMILES string of the molecule is CC(N)CC(C)NC(=O)c1cn[nH]n1. The van der Waals surface area contributed by atoms with Crippen LogP contribution in [-0.2, 0) is 0 Å². The first kappa shape index (κ1) is 10.6. The Morgan fingerprint density at radius 2 is 2.43 bits per heavy atom. The van der Waals surface area contributed by atoms with E-state index in [0.29, 0.717) is 5.69 Å². The Bertz CT molecular complexity index is 282. The van der Waals surface area contributed by atoms with Crippen molar-refractivity contribution in [3.05, 3.63) is 11.9 Å². The second kappa shape index (κ2) is 4.71. The number of H-pyrrole nitrogens is 1. The predicted octanol–water partition coefficient (Wildman–Crippen LogP) is -0.340. The molecule has 0 saturated heterocycles. The number of hydrogen-bond donors (Lipinski definition) is 3. The van der Waals surface area contributed by atoms with Gasteiger partial charge in [-0.3, -0.25) is 4.79 Å². The van der Waals surface area contributed by atoms with E-state index in [1.165, 1.54) is 6.20 Å². The highest BCUT2D eigenvalue weighted by Crippen LogP contribution is 1.96. The van der Waals surface area contributed by atoms with E-state index in [-0.39, 0.29) is 18.0 Å². The zero-order chi connectivity index (χ0) is 10.6. The number of carbonyl (C=O) groups excluding carboxylic acids is 1. The van der Waals surface area contributed by atoms with E-state index in [0.717, 1.165) is 6.42 Å². The van der Waals surface area contributed by atoms with Crippen LogP contribution in [0, 0.1) is 0 Å². The van der Waals surface area contributed by atoms with Crippen molar-refractivity contribution in [2.45, 2.75) is 32.4 Å².